The van der Waals surface area contributed by atoms with Crippen molar-refractivity contribution < 1.29 is 14.3 Å². The lowest BCUT2D eigenvalue weighted by Crippen LogP contribution is -2.01. The summed E-state index contributed by atoms with van der Waals surface area (Å²) in [6.45, 7) is 0. The summed E-state index contributed by atoms with van der Waals surface area (Å²) in [7, 11) is 0. The molecule has 1 aromatic rings. The maximum absolute atomic E-state index is 13.5. The van der Waals surface area contributed by atoms with Gasteiger partial charge >= 0.3 is 5.97 Å². The van der Waals surface area contributed by atoms with E-state index in [1.165, 1.54) is 0 Å². The largest absolute Gasteiger partial charge is 0.481 e. The monoisotopic (exact) mass is 194 g/mol. The third kappa shape index (κ3) is 1.76. The molecule has 2 nitrogen and oxygen atoms in total. The van der Waals surface area contributed by atoms with Crippen LogP contribution in [0.3, 0.4) is 0 Å². The molecule has 0 bridgehead atoms. The third-order valence-electron chi connectivity index (χ3n) is 2.52. The van der Waals surface area contributed by atoms with Crippen molar-refractivity contribution in [3.63, 3.8) is 0 Å². The summed E-state index contributed by atoms with van der Waals surface area (Å²) < 4.78 is 13.5. The van der Waals surface area contributed by atoms with Crippen LogP contribution < -0.4 is 0 Å². The van der Waals surface area contributed by atoms with E-state index in [9.17, 15) is 9.18 Å². The van der Waals surface area contributed by atoms with Crippen LogP contribution >= 0.6 is 0 Å². The Kier molecular flexibility index (Phi) is 2.02. The smallest absolute Gasteiger partial charge is 0.307 e. The molecule has 1 fully saturated rings. The summed E-state index contributed by atoms with van der Waals surface area (Å²) in [5.74, 6) is -0.862. The second kappa shape index (κ2) is 3.08. The van der Waals surface area contributed by atoms with Crippen molar-refractivity contribution in [1.82, 2.24) is 0 Å². The molecule has 0 amide bonds. The van der Waals surface area contributed by atoms with Gasteiger partial charge < -0.3 is 5.11 Å². The summed E-state index contributed by atoms with van der Waals surface area (Å²) in [4.78, 5) is 10.4. The average molecular weight is 194 g/mol. The van der Waals surface area contributed by atoms with E-state index < -0.39 is 11.6 Å². The highest BCUT2D eigenvalue weighted by Crippen LogP contribution is 2.49. The molecule has 0 spiro atoms. The first kappa shape index (κ1) is 9.19. The fourth-order valence-corrected chi connectivity index (χ4v) is 1.49. The minimum atomic E-state index is -1.12. The molecule has 74 valence electrons. The van der Waals surface area contributed by atoms with Crippen LogP contribution in [0.4, 0.5) is 4.39 Å². The highest BCUT2D eigenvalue weighted by molar-refractivity contribution is 5.70. The molecular formula is C11H11FO2. The van der Waals surface area contributed by atoms with Gasteiger partial charge in [0.25, 0.3) is 0 Å². The molecular weight excluding hydrogens is 183 g/mol. The molecule has 1 aromatic carbocycles. The predicted molar refractivity (Wildman–Crippen MR) is 49.8 cm³/mol. The van der Waals surface area contributed by atoms with E-state index in [0.29, 0.717) is 24.0 Å². The number of carbonyl (C=O) groups is 1. The Balaban J connectivity index is 2.14. The van der Waals surface area contributed by atoms with Crippen molar-refractivity contribution in [2.45, 2.75) is 24.9 Å². The first-order valence-electron chi connectivity index (χ1n) is 4.60. The minimum absolute atomic E-state index is 0.000431. The number of alkyl halides is 1. The number of hydrogen-bond donors (Lipinski definition) is 1. The molecule has 0 radical (unpaired) electrons. The fraction of sp³-hybridized carbons (Fsp3) is 0.364. The molecule has 1 saturated carbocycles. The van der Waals surface area contributed by atoms with Crippen LogP contribution in [-0.4, -0.2) is 11.1 Å². The van der Waals surface area contributed by atoms with Crippen LogP contribution in [0.15, 0.2) is 24.3 Å². The highest BCUT2D eigenvalue weighted by atomic mass is 19.1. The summed E-state index contributed by atoms with van der Waals surface area (Å²) in [5.41, 5.74) is 0.263. The van der Waals surface area contributed by atoms with E-state index in [2.05, 4.69) is 0 Å². The number of aliphatic carboxylic acids is 1. The topological polar surface area (TPSA) is 37.3 Å². The van der Waals surface area contributed by atoms with Crippen molar-refractivity contribution >= 4 is 5.97 Å². The maximum Gasteiger partial charge on any atom is 0.307 e. The van der Waals surface area contributed by atoms with Gasteiger partial charge in [0.2, 0.25) is 0 Å². The van der Waals surface area contributed by atoms with Crippen LogP contribution in [0.5, 0.6) is 0 Å². The first-order valence-corrected chi connectivity index (χ1v) is 4.60. The number of rotatable bonds is 3. The van der Waals surface area contributed by atoms with Gasteiger partial charge in [-0.25, -0.2) is 4.39 Å². The molecule has 14 heavy (non-hydrogen) atoms. The van der Waals surface area contributed by atoms with Gasteiger partial charge in [-0.1, -0.05) is 24.3 Å². The molecule has 0 unspecified atom stereocenters. The lowest BCUT2D eigenvalue weighted by atomic mass is 10.1. The van der Waals surface area contributed by atoms with Crippen molar-refractivity contribution in [2.24, 2.45) is 0 Å². The van der Waals surface area contributed by atoms with Crippen molar-refractivity contribution in [1.29, 1.82) is 0 Å². The Morgan fingerprint density at radius 2 is 1.93 bits per heavy atom. The standard InChI is InChI=1S/C11H11FO2/c12-11(5-6-11)9-3-1-8(2-4-9)7-10(13)14/h1-4H,5-7H2,(H,13,14). The van der Waals surface area contributed by atoms with E-state index >= 15 is 0 Å². The summed E-state index contributed by atoms with van der Waals surface area (Å²) in [6.07, 6.45) is 1.18. The minimum Gasteiger partial charge on any atom is -0.481 e. The van der Waals surface area contributed by atoms with Crippen LogP contribution in [0.25, 0.3) is 0 Å². The SMILES string of the molecule is O=C(O)Cc1ccc(C2(F)CC2)cc1. The molecule has 2 rings (SSSR count). The van der Waals surface area contributed by atoms with E-state index in [-0.39, 0.29) is 6.42 Å². The van der Waals surface area contributed by atoms with Gasteiger partial charge in [0.05, 0.1) is 6.42 Å². The van der Waals surface area contributed by atoms with Gasteiger partial charge in [0.15, 0.2) is 0 Å². The van der Waals surface area contributed by atoms with Gasteiger partial charge in [-0.2, -0.15) is 0 Å². The zero-order valence-electron chi connectivity index (χ0n) is 7.66. The molecule has 1 aliphatic carbocycles. The van der Waals surface area contributed by atoms with Crippen LogP contribution in [0.2, 0.25) is 0 Å². The number of carboxylic acids is 1. The lowest BCUT2D eigenvalue weighted by Gasteiger charge is -2.05. The van der Waals surface area contributed by atoms with E-state index in [0.717, 1.165) is 0 Å². The normalized spacial score (nSPS) is 17.8. The van der Waals surface area contributed by atoms with Crippen molar-refractivity contribution in [2.75, 3.05) is 0 Å². The summed E-state index contributed by atoms with van der Waals surface area (Å²) in [6, 6.07) is 6.74. The summed E-state index contributed by atoms with van der Waals surface area (Å²) in [5, 5.41) is 8.53. The van der Waals surface area contributed by atoms with Gasteiger partial charge in [-0.05, 0) is 24.0 Å². The second-order valence-electron chi connectivity index (χ2n) is 3.73. The Morgan fingerprint density at radius 3 is 2.36 bits per heavy atom. The number of carboxylic acid groups (broad SMARTS) is 1. The van der Waals surface area contributed by atoms with E-state index in [1.54, 1.807) is 24.3 Å². The maximum atomic E-state index is 13.5. The molecule has 3 heteroatoms. The lowest BCUT2D eigenvalue weighted by molar-refractivity contribution is -0.136. The second-order valence-corrected chi connectivity index (χ2v) is 3.73. The van der Waals surface area contributed by atoms with E-state index in [1.807, 2.05) is 0 Å². The van der Waals surface area contributed by atoms with Gasteiger partial charge in [0, 0.05) is 0 Å². The van der Waals surface area contributed by atoms with Crippen LogP contribution in [0.1, 0.15) is 24.0 Å². The summed E-state index contributed by atoms with van der Waals surface area (Å²) >= 11 is 0. The third-order valence-corrected chi connectivity index (χ3v) is 2.52. The Bertz CT molecular complexity index is 352. The quantitative estimate of drug-likeness (QED) is 0.801. The molecule has 0 heterocycles. The number of halogens is 1. The van der Waals surface area contributed by atoms with Gasteiger partial charge in [-0.3, -0.25) is 4.79 Å². The predicted octanol–water partition coefficient (Wildman–Crippen LogP) is 2.27. The molecule has 1 aliphatic rings. The number of hydrogen-bond acceptors (Lipinski definition) is 1. The Hall–Kier alpha value is -1.38. The zero-order valence-corrected chi connectivity index (χ0v) is 7.66. The van der Waals surface area contributed by atoms with E-state index in [4.69, 9.17) is 5.11 Å². The van der Waals surface area contributed by atoms with Crippen LogP contribution in [0, 0.1) is 0 Å². The highest BCUT2D eigenvalue weighted by Gasteiger charge is 2.44. The molecule has 1 N–H and O–H groups in total. The molecule has 0 aliphatic heterocycles. The fourth-order valence-electron chi connectivity index (χ4n) is 1.49. The van der Waals surface area contributed by atoms with Crippen molar-refractivity contribution in [3.8, 4) is 0 Å². The van der Waals surface area contributed by atoms with Crippen LogP contribution in [-0.2, 0) is 16.9 Å². The molecule has 0 aromatic heterocycles. The molecule has 0 saturated heterocycles. The van der Waals surface area contributed by atoms with Gasteiger partial charge in [-0.15, -0.1) is 0 Å². The Labute approximate surface area is 81.4 Å². The Morgan fingerprint density at radius 1 is 1.36 bits per heavy atom. The zero-order chi connectivity index (χ0) is 10.2. The van der Waals surface area contributed by atoms with Crippen molar-refractivity contribution in [3.05, 3.63) is 35.4 Å². The first-order chi connectivity index (χ1) is 6.60. The average Bonchev–Trinajstić information content (AvgIpc) is 2.85. The molecule has 0 atom stereocenters. The van der Waals surface area contributed by atoms with Gasteiger partial charge in [0.1, 0.15) is 5.67 Å². The number of benzene rings is 1.